The number of hydrogen-bond acceptors (Lipinski definition) is 4. The zero-order valence-electron chi connectivity index (χ0n) is 17.4. The average molecular weight is 417 g/mol. The minimum absolute atomic E-state index is 0.0233. The van der Waals surface area contributed by atoms with Gasteiger partial charge in [-0.3, -0.25) is 9.59 Å². The lowest BCUT2D eigenvalue weighted by Gasteiger charge is -2.20. The van der Waals surface area contributed by atoms with Crippen molar-refractivity contribution < 1.29 is 18.0 Å². The fraction of sp³-hybridized carbons (Fsp3) is 0.364. The van der Waals surface area contributed by atoms with Crippen LogP contribution in [0.25, 0.3) is 0 Å². The van der Waals surface area contributed by atoms with Crippen molar-refractivity contribution in [2.75, 3.05) is 20.6 Å². The Hall–Kier alpha value is -2.51. The Bertz CT molecular complexity index is 969. The first-order valence-electron chi connectivity index (χ1n) is 9.48. The van der Waals surface area contributed by atoms with E-state index in [0.29, 0.717) is 18.5 Å². The fourth-order valence-electron chi connectivity index (χ4n) is 2.94. The fourth-order valence-corrected chi connectivity index (χ4v) is 4.15. The van der Waals surface area contributed by atoms with E-state index in [0.717, 1.165) is 11.1 Å². The summed E-state index contributed by atoms with van der Waals surface area (Å²) in [5.74, 6) is -0.138. The second kappa shape index (κ2) is 9.80. The molecule has 0 aliphatic rings. The van der Waals surface area contributed by atoms with Gasteiger partial charge in [0.1, 0.15) is 0 Å². The Morgan fingerprint density at radius 3 is 2.17 bits per heavy atom. The molecule has 0 saturated heterocycles. The number of hydrogen-bond donors (Lipinski definition) is 0. The van der Waals surface area contributed by atoms with Gasteiger partial charge in [-0.1, -0.05) is 36.4 Å². The van der Waals surface area contributed by atoms with Crippen LogP contribution in [0.5, 0.6) is 0 Å². The summed E-state index contributed by atoms with van der Waals surface area (Å²) in [6.45, 7) is 4.21. The second-order valence-electron chi connectivity index (χ2n) is 7.19. The lowest BCUT2D eigenvalue weighted by molar-refractivity contribution is -0.130. The molecule has 1 amide bonds. The van der Waals surface area contributed by atoms with E-state index in [4.69, 9.17) is 0 Å². The molecule has 0 unspecified atom stereocenters. The molecule has 2 aromatic rings. The molecule has 156 valence electrons. The molecule has 0 spiro atoms. The topological polar surface area (TPSA) is 74.8 Å². The van der Waals surface area contributed by atoms with Gasteiger partial charge in [-0.15, -0.1) is 0 Å². The third-order valence-electron chi connectivity index (χ3n) is 4.93. The van der Waals surface area contributed by atoms with E-state index >= 15 is 0 Å². The maximum Gasteiger partial charge on any atom is 0.242 e. The van der Waals surface area contributed by atoms with Crippen LogP contribution < -0.4 is 0 Å². The molecular formula is C22H28N2O4S. The molecule has 29 heavy (non-hydrogen) atoms. The number of aryl methyl sites for hydroxylation is 1. The monoisotopic (exact) mass is 416 g/mol. The Morgan fingerprint density at radius 2 is 1.59 bits per heavy atom. The van der Waals surface area contributed by atoms with Crippen LogP contribution in [0.15, 0.2) is 53.4 Å². The Labute approximate surface area is 173 Å². The van der Waals surface area contributed by atoms with Gasteiger partial charge < -0.3 is 4.90 Å². The van der Waals surface area contributed by atoms with Crippen LogP contribution in [0.3, 0.4) is 0 Å². The van der Waals surface area contributed by atoms with Gasteiger partial charge in [-0.05, 0) is 43.5 Å². The number of ketones is 1. The summed E-state index contributed by atoms with van der Waals surface area (Å²) in [5, 5.41) is 0. The molecule has 0 N–H and O–H groups in total. The first-order valence-corrected chi connectivity index (χ1v) is 10.9. The lowest BCUT2D eigenvalue weighted by Crippen LogP contribution is -2.30. The first kappa shape index (κ1) is 22.8. The third kappa shape index (κ3) is 5.98. The molecule has 2 aromatic carbocycles. The predicted molar refractivity (Wildman–Crippen MR) is 113 cm³/mol. The highest BCUT2D eigenvalue weighted by atomic mass is 32.2. The number of nitrogens with zero attached hydrogens (tertiary/aromatic N) is 2. The molecule has 0 saturated carbocycles. The van der Waals surface area contributed by atoms with Crippen LogP contribution in [0, 0.1) is 6.92 Å². The predicted octanol–water partition coefficient (Wildman–Crippen LogP) is 3.26. The van der Waals surface area contributed by atoms with Crippen molar-refractivity contribution in [2.45, 2.75) is 38.1 Å². The van der Waals surface area contributed by atoms with Gasteiger partial charge in [0.05, 0.1) is 4.90 Å². The Balaban J connectivity index is 1.89. The van der Waals surface area contributed by atoms with Crippen LogP contribution in [0.4, 0.5) is 0 Å². The normalized spacial score (nSPS) is 11.5. The molecule has 7 heteroatoms. The maximum atomic E-state index is 12.6. The van der Waals surface area contributed by atoms with Crippen LogP contribution in [0.2, 0.25) is 0 Å². The summed E-state index contributed by atoms with van der Waals surface area (Å²) in [6, 6.07) is 13.8. The number of benzene rings is 2. The molecule has 0 radical (unpaired) electrons. The quantitative estimate of drug-likeness (QED) is 0.588. The van der Waals surface area contributed by atoms with Crippen molar-refractivity contribution in [3.05, 3.63) is 65.2 Å². The van der Waals surface area contributed by atoms with Crippen molar-refractivity contribution in [3.8, 4) is 0 Å². The minimum Gasteiger partial charge on any atom is -0.341 e. The highest BCUT2D eigenvalue weighted by molar-refractivity contribution is 7.89. The van der Waals surface area contributed by atoms with Crippen LogP contribution >= 0.6 is 0 Å². The largest absolute Gasteiger partial charge is 0.341 e. The molecule has 0 aliphatic carbocycles. The molecule has 0 atom stereocenters. The van der Waals surface area contributed by atoms with Crippen molar-refractivity contribution in [1.29, 1.82) is 0 Å². The third-order valence-corrected chi connectivity index (χ3v) is 6.80. The van der Waals surface area contributed by atoms with E-state index < -0.39 is 10.0 Å². The number of sulfonamides is 1. The highest BCUT2D eigenvalue weighted by Crippen LogP contribution is 2.16. The maximum absolute atomic E-state index is 12.6. The van der Waals surface area contributed by atoms with Crippen molar-refractivity contribution in [2.24, 2.45) is 0 Å². The smallest absolute Gasteiger partial charge is 0.242 e. The van der Waals surface area contributed by atoms with Gasteiger partial charge in [0.15, 0.2) is 5.78 Å². The van der Waals surface area contributed by atoms with Crippen LogP contribution in [0.1, 0.15) is 41.3 Å². The summed E-state index contributed by atoms with van der Waals surface area (Å²) in [7, 11) is -0.405. The number of carbonyl (C=O) groups excluding carboxylic acids is 2. The minimum atomic E-state index is -3.66. The van der Waals surface area contributed by atoms with Gasteiger partial charge in [0.25, 0.3) is 0 Å². The molecular weight excluding hydrogens is 388 g/mol. The lowest BCUT2D eigenvalue weighted by atomic mass is 10.1. The number of carbonyl (C=O) groups is 2. The van der Waals surface area contributed by atoms with Gasteiger partial charge >= 0.3 is 0 Å². The van der Waals surface area contributed by atoms with Gasteiger partial charge in [0.2, 0.25) is 15.9 Å². The molecule has 0 bridgehead atoms. The highest BCUT2D eigenvalue weighted by Gasteiger charge is 2.21. The van der Waals surface area contributed by atoms with E-state index in [1.807, 2.05) is 31.2 Å². The SMILES string of the molecule is CC(=O)c1ccc(S(=O)(=O)N(C)CCCC(=O)N(C)Cc2ccccc2C)cc1. The zero-order chi connectivity index (χ0) is 21.6. The summed E-state index contributed by atoms with van der Waals surface area (Å²) in [6.07, 6.45) is 0.698. The van der Waals surface area contributed by atoms with E-state index in [1.54, 1.807) is 11.9 Å². The van der Waals surface area contributed by atoms with Crippen LogP contribution in [-0.4, -0.2) is 50.0 Å². The van der Waals surface area contributed by atoms with Gasteiger partial charge in [-0.2, -0.15) is 0 Å². The van der Waals surface area contributed by atoms with Crippen molar-refractivity contribution in [3.63, 3.8) is 0 Å². The Kier molecular flexibility index (Phi) is 7.70. The van der Waals surface area contributed by atoms with Crippen molar-refractivity contribution >= 4 is 21.7 Å². The number of Topliss-reactive ketones (excluding diaryl/α,β-unsaturated/α-hetero) is 1. The summed E-state index contributed by atoms with van der Waals surface area (Å²) in [4.78, 5) is 25.5. The standard InChI is InChI=1S/C22H28N2O4S/c1-17-8-5-6-9-20(17)16-23(3)22(26)10-7-15-24(4)29(27,28)21-13-11-19(12-14-21)18(2)25/h5-6,8-9,11-14H,7,10,15-16H2,1-4H3. The second-order valence-corrected chi connectivity index (χ2v) is 9.23. The molecule has 0 heterocycles. The Morgan fingerprint density at radius 1 is 0.966 bits per heavy atom. The molecule has 0 aliphatic heterocycles. The molecule has 2 rings (SSSR count). The zero-order valence-corrected chi connectivity index (χ0v) is 18.2. The van der Waals surface area contributed by atoms with E-state index in [-0.39, 0.29) is 29.6 Å². The van der Waals surface area contributed by atoms with Gasteiger partial charge in [-0.25, -0.2) is 12.7 Å². The number of amides is 1. The summed E-state index contributed by atoms with van der Waals surface area (Å²) in [5.41, 5.74) is 2.69. The van der Waals surface area contributed by atoms with E-state index in [9.17, 15) is 18.0 Å². The summed E-state index contributed by atoms with van der Waals surface area (Å²) >= 11 is 0. The average Bonchev–Trinajstić information content (AvgIpc) is 2.69. The number of rotatable bonds is 9. The molecule has 0 aromatic heterocycles. The molecule has 0 fully saturated rings. The van der Waals surface area contributed by atoms with Crippen LogP contribution in [-0.2, 0) is 21.4 Å². The van der Waals surface area contributed by atoms with E-state index in [1.165, 1.54) is 42.5 Å². The molecule has 6 nitrogen and oxygen atoms in total. The van der Waals surface area contributed by atoms with E-state index in [2.05, 4.69) is 0 Å². The van der Waals surface area contributed by atoms with Gasteiger partial charge in [0, 0.05) is 39.2 Å². The summed E-state index contributed by atoms with van der Waals surface area (Å²) < 4.78 is 26.5. The van der Waals surface area contributed by atoms with Crippen molar-refractivity contribution in [1.82, 2.24) is 9.21 Å². The first-order chi connectivity index (χ1) is 13.6.